The van der Waals surface area contributed by atoms with Crippen molar-refractivity contribution in [2.75, 3.05) is 18.4 Å². The molecule has 3 aromatic rings. The first-order valence-corrected chi connectivity index (χ1v) is 12.9. The summed E-state index contributed by atoms with van der Waals surface area (Å²) in [6, 6.07) is 6.74. The van der Waals surface area contributed by atoms with Gasteiger partial charge >= 0.3 is 0 Å². The van der Waals surface area contributed by atoms with Gasteiger partial charge in [0.2, 0.25) is 0 Å². The molecule has 2 heterocycles. The van der Waals surface area contributed by atoms with Crippen molar-refractivity contribution >= 4 is 16.9 Å². The third kappa shape index (κ3) is 6.57. The highest BCUT2D eigenvalue weighted by Gasteiger charge is 2.21. The first-order valence-electron chi connectivity index (χ1n) is 12.9. The Hall–Kier alpha value is -3.20. The van der Waals surface area contributed by atoms with Crippen LogP contribution in [0.25, 0.3) is 11.0 Å². The Kier molecular flexibility index (Phi) is 8.97. The zero-order valence-corrected chi connectivity index (χ0v) is 21.5. The normalized spacial score (nSPS) is 14.5. The fourth-order valence-corrected chi connectivity index (χ4v) is 4.79. The van der Waals surface area contributed by atoms with E-state index in [2.05, 4.69) is 38.6 Å². The summed E-state index contributed by atoms with van der Waals surface area (Å²) in [5.41, 5.74) is 2.13. The van der Waals surface area contributed by atoms with E-state index in [4.69, 9.17) is 4.98 Å². The van der Waals surface area contributed by atoms with E-state index in [1.54, 1.807) is 13.1 Å². The minimum Gasteiger partial charge on any atom is -0.391 e. The molecule has 9 heteroatoms. The van der Waals surface area contributed by atoms with Crippen molar-refractivity contribution in [1.82, 2.24) is 25.6 Å². The van der Waals surface area contributed by atoms with E-state index in [9.17, 15) is 13.2 Å². The Labute approximate surface area is 216 Å². The van der Waals surface area contributed by atoms with Gasteiger partial charge in [0.05, 0.1) is 10.9 Å². The molecule has 0 saturated heterocycles. The Bertz CT molecular complexity index is 1230. The highest BCUT2D eigenvalue weighted by molar-refractivity contribution is 5.87. The highest BCUT2D eigenvalue weighted by atomic mass is 19.3. The summed E-state index contributed by atoms with van der Waals surface area (Å²) in [5, 5.41) is 10.7. The number of pyridine rings is 1. The molecule has 1 saturated carbocycles. The van der Waals surface area contributed by atoms with Gasteiger partial charge < -0.3 is 16.0 Å². The zero-order valence-electron chi connectivity index (χ0n) is 21.5. The molecule has 3 N–H and O–H groups in total. The van der Waals surface area contributed by atoms with E-state index in [0.29, 0.717) is 23.3 Å². The van der Waals surface area contributed by atoms with Gasteiger partial charge in [0, 0.05) is 30.4 Å². The number of aromatic nitrogens is 3. The molecule has 37 heavy (non-hydrogen) atoms. The predicted molar refractivity (Wildman–Crippen MR) is 141 cm³/mol. The molecule has 4 rings (SSSR count). The van der Waals surface area contributed by atoms with Gasteiger partial charge in [-0.2, -0.15) is 0 Å². The zero-order chi connectivity index (χ0) is 26.4. The molecule has 0 aliphatic heterocycles. The van der Waals surface area contributed by atoms with E-state index < -0.39 is 17.8 Å². The third-order valence-electron chi connectivity index (χ3n) is 7.07. The van der Waals surface area contributed by atoms with Gasteiger partial charge in [-0.3, -0.25) is 0 Å². The minimum absolute atomic E-state index is 0.0130. The molecule has 6 nitrogen and oxygen atoms in total. The van der Waals surface area contributed by atoms with E-state index in [0.717, 1.165) is 48.6 Å². The maximum absolute atomic E-state index is 14.6. The van der Waals surface area contributed by atoms with Crippen molar-refractivity contribution in [3.8, 4) is 0 Å². The monoisotopic (exact) mass is 512 g/mol. The van der Waals surface area contributed by atoms with Crippen molar-refractivity contribution in [3.05, 3.63) is 71.1 Å². The first kappa shape index (κ1) is 26.9. The van der Waals surface area contributed by atoms with E-state index in [1.165, 1.54) is 31.4 Å². The van der Waals surface area contributed by atoms with Crippen LogP contribution in [0.4, 0.5) is 19.0 Å². The van der Waals surface area contributed by atoms with Crippen LogP contribution in [0.2, 0.25) is 0 Å². The lowest BCUT2D eigenvalue weighted by Crippen LogP contribution is -2.36. The number of rotatable bonds is 13. The third-order valence-corrected chi connectivity index (χ3v) is 7.07. The molecule has 0 amide bonds. The topological polar surface area (TPSA) is 74.8 Å². The number of hydrogen-bond acceptors (Lipinski definition) is 6. The van der Waals surface area contributed by atoms with Crippen LogP contribution in [0.5, 0.6) is 0 Å². The van der Waals surface area contributed by atoms with Crippen LogP contribution in [0.1, 0.15) is 72.7 Å². The smallest absolute Gasteiger partial charge is 0.266 e. The molecule has 1 aromatic carbocycles. The largest absolute Gasteiger partial charge is 0.391 e. The summed E-state index contributed by atoms with van der Waals surface area (Å²) in [5.74, 6) is 0.385. The number of fused-ring (bicyclic) bond motifs is 1. The lowest BCUT2D eigenvalue weighted by atomic mass is 9.89. The predicted octanol–water partition coefficient (Wildman–Crippen LogP) is 6.07. The minimum atomic E-state index is -2.87. The molecule has 0 spiro atoms. The van der Waals surface area contributed by atoms with Crippen LogP contribution < -0.4 is 16.0 Å². The van der Waals surface area contributed by atoms with Crippen LogP contribution >= 0.6 is 0 Å². The molecule has 0 bridgehead atoms. The van der Waals surface area contributed by atoms with Gasteiger partial charge in [-0.05, 0) is 69.8 Å². The van der Waals surface area contributed by atoms with Gasteiger partial charge in [-0.15, -0.1) is 0 Å². The summed E-state index contributed by atoms with van der Waals surface area (Å²) in [7, 11) is 0. The first-order chi connectivity index (χ1) is 17.9. The lowest BCUT2D eigenvalue weighted by molar-refractivity contribution is 0.146. The summed E-state index contributed by atoms with van der Waals surface area (Å²) in [4.78, 5) is 13.9. The van der Waals surface area contributed by atoms with E-state index in [1.807, 2.05) is 6.92 Å². The average molecular weight is 513 g/mol. The van der Waals surface area contributed by atoms with E-state index >= 15 is 0 Å². The fourth-order valence-electron chi connectivity index (χ4n) is 4.79. The molecule has 1 unspecified atom stereocenters. The van der Waals surface area contributed by atoms with Gasteiger partial charge in [0.25, 0.3) is 6.43 Å². The molecule has 0 radical (unpaired) electrons. The number of halogens is 3. The molecule has 198 valence electrons. The lowest BCUT2D eigenvalue weighted by Gasteiger charge is -2.28. The SMILES string of the molecule is C=CNCCC(CCNC1CCC1)c1cc2c(NCc3cccc(C(F)F)c3F)nc(C)nc2nc1C. The van der Waals surface area contributed by atoms with E-state index in [-0.39, 0.29) is 18.0 Å². The molecule has 1 fully saturated rings. The number of nitrogens with zero attached hydrogens (tertiary/aromatic N) is 3. The average Bonchev–Trinajstić information content (AvgIpc) is 2.83. The second-order valence-corrected chi connectivity index (χ2v) is 9.64. The van der Waals surface area contributed by atoms with Crippen molar-refractivity contribution in [2.45, 2.75) is 70.9 Å². The number of hydrogen-bond donors (Lipinski definition) is 3. The molecular formula is C28H35F3N6. The van der Waals surface area contributed by atoms with Crippen molar-refractivity contribution in [2.24, 2.45) is 0 Å². The van der Waals surface area contributed by atoms with Crippen LogP contribution in [0, 0.1) is 19.7 Å². The number of aryl methyl sites for hydroxylation is 2. The molecule has 1 aliphatic rings. The number of nitrogens with one attached hydrogen (secondary N) is 3. The maximum Gasteiger partial charge on any atom is 0.266 e. The van der Waals surface area contributed by atoms with Crippen LogP contribution in [0.3, 0.4) is 0 Å². The quantitative estimate of drug-likeness (QED) is 0.242. The number of anilines is 1. The van der Waals surface area contributed by atoms with Crippen molar-refractivity contribution < 1.29 is 13.2 Å². The highest BCUT2D eigenvalue weighted by Crippen LogP contribution is 2.31. The second kappa shape index (κ2) is 12.4. The van der Waals surface area contributed by atoms with Crippen molar-refractivity contribution in [1.29, 1.82) is 0 Å². The second-order valence-electron chi connectivity index (χ2n) is 9.64. The number of benzene rings is 1. The van der Waals surface area contributed by atoms with Crippen LogP contribution in [0.15, 0.2) is 37.0 Å². The van der Waals surface area contributed by atoms with Gasteiger partial charge in [0.1, 0.15) is 17.5 Å². The van der Waals surface area contributed by atoms with Crippen molar-refractivity contribution in [3.63, 3.8) is 0 Å². The Morgan fingerprint density at radius 1 is 1.08 bits per heavy atom. The van der Waals surface area contributed by atoms with Crippen LogP contribution in [-0.4, -0.2) is 34.1 Å². The van der Waals surface area contributed by atoms with Crippen LogP contribution in [-0.2, 0) is 6.54 Å². The van der Waals surface area contributed by atoms with Gasteiger partial charge in [0.15, 0.2) is 5.65 Å². The molecular weight excluding hydrogens is 477 g/mol. The summed E-state index contributed by atoms with van der Waals surface area (Å²) >= 11 is 0. The molecule has 1 atom stereocenters. The standard InChI is InChI=1S/C28H35F3N6/c1-4-32-13-11-19(12-14-33-21-8-6-9-21)23-15-24-27(36-18(3)37-28(24)35-17(23)2)34-16-20-7-5-10-22(25(20)29)26(30)31/h4-5,7,10,15,19,21,26,32-33H,1,6,8-9,11-14,16H2,2-3H3,(H,34,35,36,37). The summed E-state index contributed by atoms with van der Waals surface area (Å²) in [6.07, 6.45) is 4.48. The summed E-state index contributed by atoms with van der Waals surface area (Å²) in [6.45, 7) is 9.25. The Morgan fingerprint density at radius 3 is 2.57 bits per heavy atom. The Morgan fingerprint density at radius 2 is 1.86 bits per heavy atom. The Balaban J connectivity index is 1.61. The number of alkyl halides is 2. The molecule has 2 aromatic heterocycles. The molecule has 1 aliphatic carbocycles. The maximum atomic E-state index is 14.6. The van der Waals surface area contributed by atoms with Gasteiger partial charge in [-0.25, -0.2) is 28.1 Å². The fraction of sp³-hybridized carbons (Fsp3) is 0.464. The summed E-state index contributed by atoms with van der Waals surface area (Å²) < 4.78 is 40.9. The van der Waals surface area contributed by atoms with Gasteiger partial charge in [-0.1, -0.05) is 31.2 Å².